The topological polar surface area (TPSA) is 93.3 Å². The number of carboxylic acid groups (broad SMARTS) is 1. The summed E-state index contributed by atoms with van der Waals surface area (Å²) in [6.07, 6.45) is 0.771. The van der Waals surface area contributed by atoms with Gasteiger partial charge in [-0.05, 0) is 0 Å². The van der Waals surface area contributed by atoms with Gasteiger partial charge in [-0.1, -0.05) is 6.92 Å². The van der Waals surface area contributed by atoms with Crippen LogP contribution in [-0.2, 0) is 16.0 Å². The number of aliphatic carboxylic acids is 1. The van der Waals surface area contributed by atoms with Crippen LogP contribution in [0.2, 0.25) is 0 Å². The maximum absolute atomic E-state index is 10.5. The maximum atomic E-state index is 10.5. The summed E-state index contributed by atoms with van der Waals surface area (Å²) in [5.41, 5.74) is 0. The summed E-state index contributed by atoms with van der Waals surface area (Å²) in [6.45, 7) is 1.79. The van der Waals surface area contributed by atoms with Gasteiger partial charge in [0.15, 0.2) is 5.92 Å². The highest BCUT2D eigenvalue weighted by molar-refractivity contribution is 5.91. The Kier molecular flexibility index (Phi) is 2.73. The summed E-state index contributed by atoms with van der Waals surface area (Å²) in [4.78, 5) is 20.8. The molecule has 0 spiro atoms. The Hall–Kier alpha value is -1.72. The number of rotatable bonds is 4. The summed E-state index contributed by atoms with van der Waals surface area (Å²) in [5.74, 6) is -2.49. The van der Waals surface area contributed by atoms with Gasteiger partial charge >= 0.3 is 5.97 Å². The van der Waals surface area contributed by atoms with Crippen molar-refractivity contribution in [2.75, 3.05) is 0 Å². The Morgan fingerprint density at radius 3 is 2.77 bits per heavy atom. The van der Waals surface area contributed by atoms with Crippen molar-refractivity contribution in [3.63, 3.8) is 0 Å². The number of aromatic nitrogens is 2. The van der Waals surface area contributed by atoms with Crippen LogP contribution in [0.1, 0.15) is 24.6 Å². The molecule has 0 radical (unpaired) electrons. The molecule has 1 rings (SSSR count). The van der Waals surface area contributed by atoms with E-state index >= 15 is 0 Å². The van der Waals surface area contributed by atoms with Crippen LogP contribution in [0.5, 0.6) is 0 Å². The summed E-state index contributed by atoms with van der Waals surface area (Å²) < 4.78 is 4.91. The zero-order valence-corrected chi connectivity index (χ0v) is 6.93. The van der Waals surface area contributed by atoms with Crippen molar-refractivity contribution in [2.45, 2.75) is 19.3 Å². The average molecular weight is 184 g/mol. The number of aldehydes is 1. The third-order valence-electron chi connectivity index (χ3n) is 1.45. The van der Waals surface area contributed by atoms with Gasteiger partial charge in [0.2, 0.25) is 11.8 Å². The van der Waals surface area contributed by atoms with Gasteiger partial charge in [0.1, 0.15) is 6.29 Å². The number of carboxylic acids is 1. The van der Waals surface area contributed by atoms with Gasteiger partial charge < -0.3 is 14.3 Å². The Labute approximate surface area is 73.6 Å². The lowest BCUT2D eigenvalue weighted by molar-refractivity contribution is -0.140. The van der Waals surface area contributed by atoms with Crippen LogP contribution in [0, 0.1) is 0 Å². The molecular weight excluding hydrogens is 176 g/mol. The van der Waals surface area contributed by atoms with E-state index in [1.54, 1.807) is 6.92 Å². The number of carbonyl (C=O) groups is 2. The van der Waals surface area contributed by atoms with Gasteiger partial charge in [-0.2, -0.15) is 0 Å². The lowest BCUT2D eigenvalue weighted by Crippen LogP contribution is -2.13. The predicted octanol–water partition coefficient (Wildman–Crippen LogP) is -0.000900. The van der Waals surface area contributed by atoms with Gasteiger partial charge in [-0.15, -0.1) is 10.2 Å². The molecule has 1 aromatic heterocycles. The first kappa shape index (κ1) is 9.37. The molecule has 0 aromatic carbocycles. The number of hydrogen-bond acceptors (Lipinski definition) is 5. The van der Waals surface area contributed by atoms with E-state index in [0.717, 1.165) is 0 Å². The zero-order chi connectivity index (χ0) is 9.84. The van der Waals surface area contributed by atoms with Gasteiger partial charge in [0.25, 0.3) is 0 Å². The Bertz CT molecular complexity index is 320. The average Bonchev–Trinajstić information content (AvgIpc) is 2.53. The second kappa shape index (κ2) is 3.79. The molecule has 0 bridgehead atoms. The maximum Gasteiger partial charge on any atom is 0.323 e. The van der Waals surface area contributed by atoms with E-state index in [9.17, 15) is 9.59 Å². The van der Waals surface area contributed by atoms with E-state index < -0.39 is 11.9 Å². The molecule has 70 valence electrons. The normalized spacial score (nSPS) is 12.4. The second-order valence-corrected chi connectivity index (χ2v) is 2.34. The number of hydrogen-bond donors (Lipinski definition) is 1. The predicted molar refractivity (Wildman–Crippen MR) is 40.1 cm³/mol. The highest BCUT2D eigenvalue weighted by atomic mass is 16.4. The quantitative estimate of drug-likeness (QED) is 0.522. The molecule has 1 heterocycles. The third kappa shape index (κ3) is 1.90. The van der Waals surface area contributed by atoms with Crippen molar-refractivity contribution in [3.8, 4) is 0 Å². The first-order valence-electron chi connectivity index (χ1n) is 3.69. The molecular formula is C7H8N2O4. The van der Waals surface area contributed by atoms with Gasteiger partial charge in [0, 0.05) is 6.42 Å². The minimum Gasteiger partial charge on any atom is -0.480 e. The van der Waals surface area contributed by atoms with Gasteiger partial charge in [-0.25, -0.2) is 0 Å². The molecule has 0 aliphatic rings. The van der Waals surface area contributed by atoms with E-state index in [0.29, 0.717) is 12.3 Å². The van der Waals surface area contributed by atoms with E-state index in [-0.39, 0.29) is 12.2 Å². The Balaban J connectivity index is 2.91. The molecule has 0 saturated carbocycles. The summed E-state index contributed by atoms with van der Waals surface area (Å²) in [5, 5.41) is 15.5. The molecule has 6 nitrogen and oxygen atoms in total. The van der Waals surface area contributed by atoms with E-state index in [4.69, 9.17) is 9.52 Å². The molecule has 13 heavy (non-hydrogen) atoms. The molecule has 0 aliphatic heterocycles. The van der Waals surface area contributed by atoms with Crippen molar-refractivity contribution in [1.29, 1.82) is 0 Å². The fourth-order valence-electron chi connectivity index (χ4n) is 0.757. The molecule has 6 heteroatoms. The van der Waals surface area contributed by atoms with Crippen molar-refractivity contribution >= 4 is 12.3 Å². The van der Waals surface area contributed by atoms with Crippen molar-refractivity contribution < 1.29 is 19.1 Å². The van der Waals surface area contributed by atoms with Crippen LogP contribution in [0.3, 0.4) is 0 Å². The Morgan fingerprint density at radius 2 is 2.38 bits per heavy atom. The minimum atomic E-state index is -1.35. The largest absolute Gasteiger partial charge is 0.480 e. The molecule has 1 unspecified atom stereocenters. The van der Waals surface area contributed by atoms with Crippen molar-refractivity contribution in [2.24, 2.45) is 0 Å². The van der Waals surface area contributed by atoms with E-state index in [2.05, 4.69) is 10.2 Å². The SMILES string of the molecule is CCc1nnc(C(C=O)C(=O)O)o1. The molecule has 1 atom stereocenters. The van der Waals surface area contributed by atoms with Crippen molar-refractivity contribution in [3.05, 3.63) is 11.8 Å². The van der Waals surface area contributed by atoms with E-state index in [1.165, 1.54) is 0 Å². The molecule has 1 N–H and O–H groups in total. The molecule has 0 saturated heterocycles. The van der Waals surface area contributed by atoms with Gasteiger partial charge in [0.05, 0.1) is 0 Å². The standard InChI is InChI=1S/C7H8N2O4/c1-2-5-8-9-6(13-5)4(3-10)7(11)12/h3-4H,2H2,1H3,(H,11,12). The monoisotopic (exact) mass is 184 g/mol. The fourth-order valence-corrected chi connectivity index (χ4v) is 0.757. The smallest absolute Gasteiger partial charge is 0.323 e. The lowest BCUT2D eigenvalue weighted by Gasteiger charge is -1.95. The van der Waals surface area contributed by atoms with Gasteiger partial charge in [-0.3, -0.25) is 4.79 Å². The first-order chi connectivity index (χ1) is 6.19. The Morgan fingerprint density at radius 1 is 1.69 bits per heavy atom. The molecule has 0 amide bonds. The number of carbonyl (C=O) groups excluding carboxylic acids is 1. The minimum absolute atomic E-state index is 0.167. The van der Waals surface area contributed by atoms with Crippen LogP contribution >= 0.6 is 0 Å². The number of nitrogens with zero attached hydrogens (tertiary/aromatic N) is 2. The second-order valence-electron chi connectivity index (χ2n) is 2.34. The van der Waals surface area contributed by atoms with Crippen LogP contribution in [0.15, 0.2) is 4.42 Å². The zero-order valence-electron chi connectivity index (χ0n) is 6.93. The summed E-state index contributed by atoms with van der Waals surface area (Å²) in [6, 6.07) is 0. The van der Waals surface area contributed by atoms with Crippen LogP contribution in [0.4, 0.5) is 0 Å². The van der Waals surface area contributed by atoms with E-state index in [1.807, 2.05) is 0 Å². The molecule has 0 aliphatic carbocycles. The summed E-state index contributed by atoms with van der Waals surface area (Å²) in [7, 11) is 0. The first-order valence-corrected chi connectivity index (χ1v) is 3.69. The van der Waals surface area contributed by atoms with Crippen LogP contribution < -0.4 is 0 Å². The highest BCUT2D eigenvalue weighted by Crippen LogP contribution is 2.12. The molecule has 0 fully saturated rings. The summed E-state index contributed by atoms with van der Waals surface area (Å²) >= 11 is 0. The van der Waals surface area contributed by atoms with Crippen molar-refractivity contribution in [1.82, 2.24) is 10.2 Å². The number of aryl methyl sites for hydroxylation is 1. The van der Waals surface area contributed by atoms with Crippen LogP contribution in [0.25, 0.3) is 0 Å². The van der Waals surface area contributed by atoms with Crippen LogP contribution in [-0.4, -0.2) is 27.6 Å². The lowest BCUT2D eigenvalue weighted by atomic mass is 10.2. The molecule has 1 aromatic rings. The fraction of sp³-hybridized carbons (Fsp3) is 0.429. The highest BCUT2D eigenvalue weighted by Gasteiger charge is 2.24. The third-order valence-corrected chi connectivity index (χ3v) is 1.45.